The number of nitrogens with one attached hydrogen (secondary N) is 1. The first-order valence-corrected chi connectivity index (χ1v) is 8.79. The first-order chi connectivity index (χ1) is 13.6. The number of hydrazone groups is 1. The lowest BCUT2D eigenvalue weighted by Crippen LogP contribution is -2.17. The smallest absolute Gasteiger partial charge is 0.315 e. The van der Waals surface area contributed by atoms with Crippen LogP contribution in [0.1, 0.15) is 42.1 Å². The molecule has 0 aliphatic heterocycles. The number of pyridine rings is 1. The summed E-state index contributed by atoms with van der Waals surface area (Å²) >= 11 is 0. The maximum Gasteiger partial charge on any atom is 0.315 e. The van der Waals surface area contributed by atoms with E-state index >= 15 is 0 Å². The molecule has 1 N–H and O–H groups in total. The molecule has 2 rings (SSSR count). The lowest BCUT2D eigenvalue weighted by atomic mass is 10.2. The first-order valence-electron chi connectivity index (χ1n) is 8.79. The van der Waals surface area contributed by atoms with Gasteiger partial charge in [0.1, 0.15) is 0 Å². The highest BCUT2D eigenvalue weighted by Crippen LogP contribution is 2.38. The van der Waals surface area contributed by atoms with Crippen LogP contribution in [-0.2, 0) is 0 Å². The Bertz CT molecular complexity index is 840. The van der Waals surface area contributed by atoms with Gasteiger partial charge in [-0.2, -0.15) is 5.10 Å². The van der Waals surface area contributed by atoms with Crippen molar-refractivity contribution in [2.24, 2.45) is 5.10 Å². The fraction of sp³-hybridized carbons (Fsp3) is 0.316. The van der Waals surface area contributed by atoms with Gasteiger partial charge in [-0.15, -0.1) is 0 Å². The fourth-order valence-electron chi connectivity index (χ4n) is 2.37. The zero-order valence-electron chi connectivity index (χ0n) is 15.8. The number of unbranched alkanes of at least 4 members (excludes halogenated alkanes) is 2. The molecule has 2 aromatic rings. The standard InChI is InChI=1S/C19H22N4O5/c1-3-4-5-9-28-18-16(23(25)26)10-14(11-17(18)27-2)12-21-22-19(24)15-7-6-8-20-13-15/h6-8,10-13H,3-5,9H2,1-2H3,(H,22,24)/b21-12-. The van der Waals surface area contributed by atoms with E-state index in [0.717, 1.165) is 19.3 Å². The number of hydrogen-bond donors (Lipinski definition) is 1. The quantitative estimate of drug-likeness (QED) is 0.290. The topological polar surface area (TPSA) is 116 Å². The number of ether oxygens (including phenoxy) is 2. The number of hydrogen-bond acceptors (Lipinski definition) is 7. The van der Waals surface area contributed by atoms with Crippen molar-refractivity contribution in [1.82, 2.24) is 10.4 Å². The zero-order valence-corrected chi connectivity index (χ0v) is 15.8. The number of amides is 1. The number of methoxy groups -OCH3 is 1. The Morgan fingerprint density at radius 3 is 2.86 bits per heavy atom. The van der Waals surface area contributed by atoms with E-state index in [0.29, 0.717) is 17.7 Å². The molecule has 1 amide bonds. The van der Waals surface area contributed by atoms with E-state index in [-0.39, 0.29) is 17.2 Å². The molecule has 0 fully saturated rings. The molecule has 28 heavy (non-hydrogen) atoms. The van der Waals surface area contributed by atoms with Gasteiger partial charge in [0.05, 0.1) is 30.4 Å². The van der Waals surface area contributed by atoms with Crippen molar-refractivity contribution in [3.05, 3.63) is 57.9 Å². The van der Waals surface area contributed by atoms with Crippen molar-refractivity contribution in [3.8, 4) is 11.5 Å². The Labute approximate surface area is 162 Å². The van der Waals surface area contributed by atoms with Gasteiger partial charge >= 0.3 is 5.69 Å². The first kappa shape index (κ1) is 20.8. The predicted octanol–water partition coefficient (Wildman–Crippen LogP) is 3.33. The van der Waals surface area contributed by atoms with Crippen LogP contribution in [0.2, 0.25) is 0 Å². The molecule has 0 bridgehead atoms. The molecule has 9 heteroatoms. The number of nitrogens with zero attached hydrogens (tertiary/aromatic N) is 3. The van der Waals surface area contributed by atoms with Crippen LogP contribution in [0, 0.1) is 10.1 Å². The van der Waals surface area contributed by atoms with Gasteiger partial charge in [-0.05, 0) is 24.6 Å². The number of aromatic nitrogens is 1. The molecular weight excluding hydrogens is 364 g/mol. The second kappa shape index (κ2) is 10.6. The lowest BCUT2D eigenvalue weighted by molar-refractivity contribution is -0.386. The van der Waals surface area contributed by atoms with Crippen LogP contribution in [0.15, 0.2) is 41.8 Å². The molecular formula is C19H22N4O5. The number of nitro groups is 1. The second-order valence-electron chi connectivity index (χ2n) is 5.82. The van der Waals surface area contributed by atoms with Crippen LogP contribution < -0.4 is 14.9 Å². The summed E-state index contributed by atoms with van der Waals surface area (Å²) in [5.41, 5.74) is 2.85. The zero-order chi connectivity index (χ0) is 20.4. The van der Waals surface area contributed by atoms with Gasteiger partial charge in [0.15, 0.2) is 5.75 Å². The molecule has 0 atom stereocenters. The number of rotatable bonds is 10. The predicted molar refractivity (Wildman–Crippen MR) is 104 cm³/mol. The largest absolute Gasteiger partial charge is 0.493 e. The van der Waals surface area contributed by atoms with Crippen molar-refractivity contribution in [3.63, 3.8) is 0 Å². The van der Waals surface area contributed by atoms with E-state index < -0.39 is 10.8 Å². The van der Waals surface area contributed by atoms with Gasteiger partial charge in [-0.25, -0.2) is 5.43 Å². The molecule has 148 valence electrons. The minimum Gasteiger partial charge on any atom is -0.493 e. The Kier molecular flexibility index (Phi) is 7.89. The number of carbonyl (C=O) groups is 1. The second-order valence-corrected chi connectivity index (χ2v) is 5.82. The van der Waals surface area contributed by atoms with Crippen molar-refractivity contribution in [2.45, 2.75) is 26.2 Å². The molecule has 0 saturated heterocycles. The van der Waals surface area contributed by atoms with Gasteiger partial charge in [0, 0.05) is 24.0 Å². The van der Waals surface area contributed by atoms with Crippen LogP contribution in [-0.4, -0.2) is 35.7 Å². The number of carbonyl (C=O) groups excluding carboxylic acids is 1. The van der Waals surface area contributed by atoms with Gasteiger partial charge in [0.2, 0.25) is 5.75 Å². The van der Waals surface area contributed by atoms with Crippen molar-refractivity contribution in [2.75, 3.05) is 13.7 Å². The third-order valence-corrected chi connectivity index (χ3v) is 3.77. The van der Waals surface area contributed by atoms with Crippen molar-refractivity contribution in [1.29, 1.82) is 0 Å². The summed E-state index contributed by atoms with van der Waals surface area (Å²) in [4.78, 5) is 26.7. The highest BCUT2D eigenvalue weighted by Gasteiger charge is 2.22. The number of benzene rings is 1. The third kappa shape index (κ3) is 5.76. The average Bonchev–Trinajstić information content (AvgIpc) is 2.71. The Morgan fingerprint density at radius 1 is 1.39 bits per heavy atom. The van der Waals surface area contributed by atoms with E-state index in [4.69, 9.17) is 9.47 Å². The van der Waals surface area contributed by atoms with E-state index in [9.17, 15) is 14.9 Å². The highest BCUT2D eigenvalue weighted by molar-refractivity contribution is 5.94. The summed E-state index contributed by atoms with van der Waals surface area (Å²) < 4.78 is 10.8. The molecule has 9 nitrogen and oxygen atoms in total. The molecule has 1 heterocycles. The molecule has 0 saturated carbocycles. The van der Waals surface area contributed by atoms with Gasteiger partial charge in [-0.1, -0.05) is 19.8 Å². The average molecular weight is 386 g/mol. The van der Waals surface area contributed by atoms with Crippen molar-refractivity contribution >= 4 is 17.8 Å². The van der Waals surface area contributed by atoms with Crippen LogP contribution in [0.5, 0.6) is 11.5 Å². The lowest BCUT2D eigenvalue weighted by Gasteiger charge is -2.11. The molecule has 1 aromatic carbocycles. The van der Waals surface area contributed by atoms with E-state index in [2.05, 4.69) is 22.4 Å². The summed E-state index contributed by atoms with van der Waals surface area (Å²) in [7, 11) is 1.41. The summed E-state index contributed by atoms with van der Waals surface area (Å²) in [6.07, 6.45) is 7.03. The number of nitro benzene ring substituents is 1. The van der Waals surface area contributed by atoms with Crippen LogP contribution in [0.3, 0.4) is 0 Å². The summed E-state index contributed by atoms with van der Waals surface area (Å²) in [6, 6.07) is 6.10. The monoisotopic (exact) mass is 386 g/mol. The maximum absolute atomic E-state index is 11.9. The fourth-order valence-corrected chi connectivity index (χ4v) is 2.37. The summed E-state index contributed by atoms with van der Waals surface area (Å²) in [5, 5.41) is 15.3. The van der Waals surface area contributed by atoms with E-state index in [1.807, 2.05) is 0 Å². The van der Waals surface area contributed by atoms with Crippen molar-refractivity contribution < 1.29 is 19.2 Å². The van der Waals surface area contributed by atoms with Gasteiger partial charge in [0.25, 0.3) is 5.91 Å². The minimum absolute atomic E-state index is 0.0835. The molecule has 0 aliphatic rings. The Balaban J connectivity index is 2.17. The van der Waals surface area contributed by atoms with Crippen LogP contribution in [0.4, 0.5) is 5.69 Å². The normalized spacial score (nSPS) is 10.6. The summed E-state index contributed by atoms with van der Waals surface area (Å²) in [6.45, 7) is 2.42. The van der Waals surface area contributed by atoms with Crippen LogP contribution >= 0.6 is 0 Å². The van der Waals surface area contributed by atoms with Gasteiger partial charge < -0.3 is 9.47 Å². The third-order valence-electron chi connectivity index (χ3n) is 3.77. The minimum atomic E-state index is -0.538. The molecule has 0 radical (unpaired) electrons. The molecule has 0 aliphatic carbocycles. The van der Waals surface area contributed by atoms with E-state index in [1.54, 1.807) is 24.4 Å². The summed E-state index contributed by atoms with van der Waals surface area (Å²) in [5.74, 6) is -0.132. The Morgan fingerprint density at radius 2 is 2.21 bits per heavy atom. The highest BCUT2D eigenvalue weighted by atomic mass is 16.6. The maximum atomic E-state index is 11.9. The van der Waals surface area contributed by atoms with Gasteiger partial charge in [-0.3, -0.25) is 19.9 Å². The molecule has 0 spiro atoms. The van der Waals surface area contributed by atoms with E-state index in [1.165, 1.54) is 25.6 Å². The molecule has 1 aromatic heterocycles. The SMILES string of the molecule is CCCCCOc1c(OC)cc(/C=N\NC(=O)c2cccnc2)cc1[N+](=O)[O-]. The molecule has 0 unspecified atom stereocenters. The van der Waals surface area contributed by atoms with Crippen LogP contribution in [0.25, 0.3) is 0 Å². The Hall–Kier alpha value is -3.49.